The minimum absolute atomic E-state index is 0.243. The zero-order chi connectivity index (χ0) is 9.94. The molecule has 0 N–H and O–H groups in total. The highest BCUT2D eigenvalue weighted by molar-refractivity contribution is 5.20. The molecular weight excluding hydrogens is 166 g/mol. The van der Waals surface area contributed by atoms with Gasteiger partial charge in [0.1, 0.15) is 6.79 Å². The van der Waals surface area contributed by atoms with Crippen molar-refractivity contribution in [2.75, 3.05) is 20.5 Å². The Balaban J connectivity index is 3.62. The molecule has 0 unspecified atom stereocenters. The third kappa shape index (κ3) is 7.51. The monoisotopic (exact) mass is 183 g/mol. The highest BCUT2D eigenvalue weighted by Gasteiger charge is 1.94. The van der Waals surface area contributed by atoms with Crippen molar-refractivity contribution in [1.29, 1.82) is 5.26 Å². The van der Waals surface area contributed by atoms with Crippen LogP contribution in [-0.4, -0.2) is 20.5 Å². The van der Waals surface area contributed by atoms with Crippen molar-refractivity contribution in [3.8, 4) is 6.07 Å². The van der Waals surface area contributed by atoms with E-state index >= 15 is 0 Å². The molecular formula is C10H17NO2. The lowest BCUT2D eigenvalue weighted by Crippen LogP contribution is -2.00. The summed E-state index contributed by atoms with van der Waals surface area (Å²) < 4.78 is 9.76. The van der Waals surface area contributed by atoms with E-state index in [0.717, 1.165) is 19.3 Å². The number of allylic oxidation sites excluding steroid dienone is 1. The molecule has 0 aromatic heterocycles. The molecule has 74 valence electrons. The molecule has 0 aliphatic rings. The summed E-state index contributed by atoms with van der Waals surface area (Å²) in [5.41, 5.74) is 0.686. The van der Waals surface area contributed by atoms with E-state index < -0.39 is 0 Å². The van der Waals surface area contributed by atoms with Crippen LogP contribution in [0.25, 0.3) is 0 Å². The predicted octanol–water partition coefficient (Wildman–Crippen LogP) is 2.25. The molecule has 0 saturated carbocycles. The van der Waals surface area contributed by atoms with E-state index in [1.165, 1.54) is 0 Å². The summed E-state index contributed by atoms with van der Waals surface area (Å²) in [5.74, 6) is 0. The number of rotatable bonds is 7. The van der Waals surface area contributed by atoms with Gasteiger partial charge in [0, 0.05) is 7.11 Å². The van der Waals surface area contributed by atoms with Crippen LogP contribution in [0.5, 0.6) is 0 Å². The largest absolute Gasteiger partial charge is 0.359 e. The van der Waals surface area contributed by atoms with Gasteiger partial charge in [0.2, 0.25) is 0 Å². The molecule has 3 heteroatoms. The molecule has 0 rings (SSSR count). The second kappa shape index (κ2) is 9.24. The van der Waals surface area contributed by atoms with E-state index in [4.69, 9.17) is 14.7 Å². The van der Waals surface area contributed by atoms with Crippen LogP contribution in [0.1, 0.15) is 26.2 Å². The van der Waals surface area contributed by atoms with Crippen molar-refractivity contribution in [1.82, 2.24) is 0 Å². The Kier molecular flexibility index (Phi) is 8.64. The standard InChI is InChI=1S/C10H17NO2/c1-3-4-5-6-10(7-11)8-13-9-12-2/h6H,3-5,8-9H2,1-2H3/b10-6-. The zero-order valence-electron chi connectivity index (χ0n) is 8.38. The van der Waals surface area contributed by atoms with Crippen LogP contribution < -0.4 is 0 Å². The number of nitrogens with zero attached hydrogens (tertiary/aromatic N) is 1. The SMILES string of the molecule is CCCC/C=C(/C#N)COCOC. The Morgan fingerprint density at radius 1 is 1.54 bits per heavy atom. The summed E-state index contributed by atoms with van der Waals surface area (Å²) in [6.07, 6.45) is 5.15. The molecule has 0 aliphatic carbocycles. The minimum atomic E-state index is 0.243. The summed E-state index contributed by atoms with van der Waals surface area (Å²) in [6, 6.07) is 2.10. The quantitative estimate of drug-likeness (QED) is 0.345. The highest BCUT2D eigenvalue weighted by atomic mass is 16.7. The van der Waals surface area contributed by atoms with Crippen LogP contribution in [0, 0.1) is 11.3 Å². The molecule has 0 aliphatic heterocycles. The molecule has 0 aromatic rings. The molecule has 0 atom stereocenters. The lowest BCUT2D eigenvalue weighted by molar-refractivity contribution is -0.0202. The van der Waals surface area contributed by atoms with Gasteiger partial charge in [-0.1, -0.05) is 25.8 Å². The van der Waals surface area contributed by atoms with Gasteiger partial charge in [-0.3, -0.25) is 0 Å². The molecule has 0 saturated heterocycles. The number of unbranched alkanes of at least 4 members (excludes halogenated alkanes) is 2. The van der Waals surface area contributed by atoms with E-state index in [-0.39, 0.29) is 6.79 Å². The number of methoxy groups -OCH3 is 1. The average molecular weight is 183 g/mol. The number of hydrogen-bond donors (Lipinski definition) is 0. The Labute approximate surface area is 80.0 Å². The van der Waals surface area contributed by atoms with E-state index in [9.17, 15) is 0 Å². The van der Waals surface area contributed by atoms with Crippen LogP contribution >= 0.6 is 0 Å². The van der Waals surface area contributed by atoms with Crippen molar-refractivity contribution in [2.45, 2.75) is 26.2 Å². The number of nitriles is 1. The molecule has 0 heterocycles. The van der Waals surface area contributed by atoms with E-state index in [1.54, 1.807) is 7.11 Å². The molecule has 3 nitrogen and oxygen atoms in total. The van der Waals surface area contributed by atoms with Gasteiger partial charge < -0.3 is 9.47 Å². The molecule has 0 spiro atoms. The summed E-state index contributed by atoms with van der Waals surface area (Å²) in [7, 11) is 1.56. The van der Waals surface area contributed by atoms with Crippen molar-refractivity contribution in [3.63, 3.8) is 0 Å². The maximum absolute atomic E-state index is 8.69. The Hall–Kier alpha value is -0.850. The molecule has 0 aromatic carbocycles. The smallest absolute Gasteiger partial charge is 0.146 e. The van der Waals surface area contributed by atoms with Crippen LogP contribution in [0.2, 0.25) is 0 Å². The second-order valence-electron chi connectivity index (χ2n) is 2.74. The minimum Gasteiger partial charge on any atom is -0.359 e. The van der Waals surface area contributed by atoms with Gasteiger partial charge in [0.25, 0.3) is 0 Å². The highest BCUT2D eigenvalue weighted by Crippen LogP contribution is 2.01. The maximum atomic E-state index is 8.69. The molecule has 0 amide bonds. The molecule has 0 bridgehead atoms. The Morgan fingerprint density at radius 3 is 2.85 bits per heavy atom. The van der Waals surface area contributed by atoms with Gasteiger partial charge in [0.05, 0.1) is 18.2 Å². The first kappa shape index (κ1) is 12.2. The van der Waals surface area contributed by atoms with Gasteiger partial charge in [0.15, 0.2) is 0 Å². The van der Waals surface area contributed by atoms with E-state index in [0.29, 0.717) is 12.2 Å². The van der Waals surface area contributed by atoms with Crippen LogP contribution in [0.3, 0.4) is 0 Å². The van der Waals surface area contributed by atoms with Gasteiger partial charge in [-0.15, -0.1) is 0 Å². The first-order valence-corrected chi connectivity index (χ1v) is 4.51. The van der Waals surface area contributed by atoms with Crippen LogP contribution in [0.15, 0.2) is 11.6 Å². The lowest BCUT2D eigenvalue weighted by Gasteiger charge is -2.00. The average Bonchev–Trinajstić information content (AvgIpc) is 2.16. The van der Waals surface area contributed by atoms with Crippen LogP contribution in [-0.2, 0) is 9.47 Å². The third-order valence-corrected chi connectivity index (χ3v) is 1.55. The molecule has 0 radical (unpaired) electrons. The zero-order valence-corrected chi connectivity index (χ0v) is 8.38. The lowest BCUT2D eigenvalue weighted by atomic mass is 10.2. The Morgan fingerprint density at radius 2 is 2.31 bits per heavy atom. The predicted molar refractivity (Wildman–Crippen MR) is 51.0 cm³/mol. The van der Waals surface area contributed by atoms with Gasteiger partial charge in [-0.2, -0.15) is 5.26 Å². The van der Waals surface area contributed by atoms with Crippen molar-refractivity contribution in [2.24, 2.45) is 0 Å². The maximum Gasteiger partial charge on any atom is 0.146 e. The first-order chi connectivity index (χ1) is 6.35. The van der Waals surface area contributed by atoms with Crippen molar-refractivity contribution < 1.29 is 9.47 Å². The summed E-state index contributed by atoms with van der Waals surface area (Å²) in [4.78, 5) is 0. The van der Waals surface area contributed by atoms with Crippen LogP contribution in [0.4, 0.5) is 0 Å². The Bertz CT molecular complexity index is 182. The van der Waals surface area contributed by atoms with Gasteiger partial charge >= 0.3 is 0 Å². The molecule has 0 fully saturated rings. The molecule has 13 heavy (non-hydrogen) atoms. The van der Waals surface area contributed by atoms with E-state index in [2.05, 4.69) is 13.0 Å². The number of hydrogen-bond acceptors (Lipinski definition) is 3. The van der Waals surface area contributed by atoms with Gasteiger partial charge in [-0.25, -0.2) is 0 Å². The van der Waals surface area contributed by atoms with Crippen molar-refractivity contribution in [3.05, 3.63) is 11.6 Å². The summed E-state index contributed by atoms with van der Waals surface area (Å²) >= 11 is 0. The normalized spacial score (nSPS) is 11.3. The topological polar surface area (TPSA) is 42.2 Å². The summed E-state index contributed by atoms with van der Waals surface area (Å²) in [6.45, 7) is 2.72. The summed E-state index contributed by atoms with van der Waals surface area (Å²) in [5, 5.41) is 8.69. The fourth-order valence-corrected chi connectivity index (χ4v) is 0.852. The van der Waals surface area contributed by atoms with Crippen molar-refractivity contribution >= 4 is 0 Å². The fourth-order valence-electron chi connectivity index (χ4n) is 0.852. The first-order valence-electron chi connectivity index (χ1n) is 4.51. The fraction of sp³-hybridized carbons (Fsp3) is 0.700. The second-order valence-corrected chi connectivity index (χ2v) is 2.74. The van der Waals surface area contributed by atoms with E-state index in [1.807, 2.05) is 6.08 Å². The van der Waals surface area contributed by atoms with Gasteiger partial charge in [-0.05, 0) is 6.42 Å². The third-order valence-electron chi connectivity index (χ3n) is 1.55. The number of ether oxygens (including phenoxy) is 2.